The molecule has 0 aliphatic carbocycles. The second-order valence-corrected chi connectivity index (χ2v) is 3.82. The molecule has 1 aliphatic rings. The lowest BCUT2D eigenvalue weighted by Gasteiger charge is -2.18. The molecule has 75 valence electrons. The third kappa shape index (κ3) is 2.42. The number of esters is 1. The van der Waals surface area contributed by atoms with Crippen molar-refractivity contribution in [3.8, 4) is 0 Å². The van der Waals surface area contributed by atoms with Crippen LogP contribution in [0.3, 0.4) is 0 Å². The van der Waals surface area contributed by atoms with Crippen LogP contribution in [0.2, 0.25) is 0 Å². The number of imide groups is 1. The Hall–Kier alpha value is -1.65. The van der Waals surface area contributed by atoms with Crippen molar-refractivity contribution in [1.82, 2.24) is 5.32 Å². The minimum atomic E-state index is -0.829. The predicted octanol–water partition coefficient (Wildman–Crippen LogP) is -0.0743. The van der Waals surface area contributed by atoms with E-state index in [1.165, 1.54) is 0 Å². The number of carbonyl (C=O) groups excluding carboxylic acids is 3. The normalized spacial score (nSPS) is 16.4. The molecule has 1 radical (unpaired) electrons. The summed E-state index contributed by atoms with van der Waals surface area (Å²) in [5, 5.41) is 3.05. The van der Waals surface area contributed by atoms with Crippen LogP contribution < -0.4 is 5.32 Å². The maximum atomic E-state index is 11.3. The number of ether oxygens (including phenoxy) is 1. The first-order valence-electron chi connectivity index (χ1n) is 4.05. The summed E-state index contributed by atoms with van der Waals surface area (Å²) >= 11 is 0. The van der Waals surface area contributed by atoms with Gasteiger partial charge >= 0.3 is 5.97 Å². The molecule has 0 aromatic heterocycles. The second kappa shape index (κ2) is 3.25. The molecule has 0 unspecified atom stereocenters. The van der Waals surface area contributed by atoms with Gasteiger partial charge < -0.3 is 4.74 Å². The highest BCUT2D eigenvalue weighted by Gasteiger charge is 2.32. The molecule has 1 rings (SSSR count). The summed E-state index contributed by atoms with van der Waals surface area (Å²) in [7, 11) is 0. The molecule has 0 saturated carbocycles. The van der Waals surface area contributed by atoms with E-state index in [0.717, 1.165) is 6.08 Å². The highest BCUT2D eigenvalue weighted by Crippen LogP contribution is 2.13. The van der Waals surface area contributed by atoms with Crippen LogP contribution in [0.15, 0.2) is 11.6 Å². The van der Waals surface area contributed by atoms with Gasteiger partial charge in [0.1, 0.15) is 11.2 Å². The van der Waals surface area contributed by atoms with Gasteiger partial charge in [-0.25, -0.2) is 4.79 Å². The molecule has 0 saturated heterocycles. The van der Waals surface area contributed by atoms with Crippen LogP contribution in [-0.4, -0.2) is 23.4 Å². The first-order valence-corrected chi connectivity index (χ1v) is 4.05. The zero-order valence-corrected chi connectivity index (χ0v) is 8.16. The van der Waals surface area contributed by atoms with Crippen molar-refractivity contribution < 1.29 is 19.1 Å². The monoisotopic (exact) mass is 196 g/mol. The van der Waals surface area contributed by atoms with Crippen molar-refractivity contribution >= 4 is 17.8 Å². The fourth-order valence-electron chi connectivity index (χ4n) is 0.857. The average Bonchev–Trinajstić information content (AvgIpc) is 2.26. The maximum absolute atomic E-state index is 11.3. The molecule has 0 N–H and O–H groups in total. The number of hydrogen-bond acceptors (Lipinski definition) is 4. The Morgan fingerprint density at radius 2 is 1.93 bits per heavy atom. The maximum Gasteiger partial charge on any atom is 0.344 e. The predicted molar refractivity (Wildman–Crippen MR) is 46.1 cm³/mol. The number of carbonyl (C=O) groups is 3. The van der Waals surface area contributed by atoms with E-state index in [1.807, 2.05) is 0 Å². The lowest BCUT2D eigenvalue weighted by atomic mass is 10.2. The second-order valence-electron chi connectivity index (χ2n) is 3.82. The van der Waals surface area contributed by atoms with Crippen LogP contribution in [0.1, 0.15) is 20.8 Å². The van der Waals surface area contributed by atoms with Crippen molar-refractivity contribution in [3.63, 3.8) is 0 Å². The molecule has 14 heavy (non-hydrogen) atoms. The summed E-state index contributed by atoms with van der Waals surface area (Å²) in [5.41, 5.74) is -0.992. The lowest BCUT2D eigenvalue weighted by molar-refractivity contribution is -0.150. The van der Waals surface area contributed by atoms with Gasteiger partial charge in [-0.3, -0.25) is 9.59 Å². The Morgan fingerprint density at radius 1 is 1.36 bits per heavy atom. The zero-order chi connectivity index (χ0) is 10.9. The van der Waals surface area contributed by atoms with Crippen LogP contribution >= 0.6 is 0 Å². The van der Waals surface area contributed by atoms with E-state index in [1.54, 1.807) is 20.8 Å². The molecular weight excluding hydrogens is 186 g/mol. The van der Waals surface area contributed by atoms with E-state index < -0.39 is 23.4 Å². The van der Waals surface area contributed by atoms with Gasteiger partial charge in [-0.15, -0.1) is 0 Å². The molecule has 0 bridgehead atoms. The summed E-state index contributed by atoms with van der Waals surface area (Å²) in [4.78, 5) is 32.9. The van der Waals surface area contributed by atoms with E-state index in [-0.39, 0.29) is 5.57 Å². The fourth-order valence-corrected chi connectivity index (χ4v) is 0.857. The van der Waals surface area contributed by atoms with Crippen molar-refractivity contribution in [2.45, 2.75) is 26.4 Å². The lowest BCUT2D eigenvalue weighted by Crippen LogP contribution is -2.27. The molecule has 5 heteroatoms. The van der Waals surface area contributed by atoms with Gasteiger partial charge in [-0.1, -0.05) is 0 Å². The Balaban J connectivity index is 2.76. The fraction of sp³-hybridized carbons (Fsp3) is 0.444. The Kier molecular flexibility index (Phi) is 2.42. The van der Waals surface area contributed by atoms with Crippen LogP contribution in [-0.2, 0) is 19.1 Å². The van der Waals surface area contributed by atoms with E-state index in [0.29, 0.717) is 0 Å². The molecule has 5 nitrogen and oxygen atoms in total. The topological polar surface area (TPSA) is 74.5 Å². The highest BCUT2D eigenvalue weighted by molar-refractivity contribution is 6.28. The molecule has 0 fully saturated rings. The number of nitrogens with zero attached hydrogens (tertiary/aromatic N) is 1. The summed E-state index contributed by atoms with van der Waals surface area (Å²) in [5.74, 6) is -2.35. The molecule has 2 amide bonds. The minimum absolute atomic E-state index is 0.301. The van der Waals surface area contributed by atoms with Gasteiger partial charge in [0.2, 0.25) is 0 Å². The van der Waals surface area contributed by atoms with E-state index in [2.05, 4.69) is 5.32 Å². The summed E-state index contributed by atoms with van der Waals surface area (Å²) in [6, 6.07) is 0. The van der Waals surface area contributed by atoms with Crippen LogP contribution in [0.25, 0.3) is 0 Å². The smallest absolute Gasteiger partial charge is 0.344 e. The van der Waals surface area contributed by atoms with Crippen LogP contribution in [0.5, 0.6) is 0 Å². The molecule has 0 atom stereocenters. The average molecular weight is 196 g/mol. The van der Waals surface area contributed by atoms with Gasteiger partial charge in [0.15, 0.2) is 0 Å². The van der Waals surface area contributed by atoms with Crippen LogP contribution in [0.4, 0.5) is 0 Å². The van der Waals surface area contributed by atoms with Gasteiger partial charge in [0.05, 0.1) is 0 Å². The minimum Gasteiger partial charge on any atom is -0.456 e. The summed E-state index contributed by atoms with van der Waals surface area (Å²) < 4.78 is 4.90. The Morgan fingerprint density at radius 3 is 2.29 bits per heavy atom. The standard InChI is InChI=1S/C9H10NO4/c1-9(2,3)14-8(13)5-4-6(11)10-7(5)12/h4H,1-3H3. The van der Waals surface area contributed by atoms with Gasteiger partial charge in [-0.05, 0) is 20.8 Å². The van der Waals surface area contributed by atoms with Crippen molar-refractivity contribution in [2.75, 3.05) is 0 Å². The molecule has 1 heterocycles. The van der Waals surface area contributed by atoms with Crippen LogP contribution in [0, 0.1) is 0 Å². The number of rotatable bonds is 1. The molecule has 1 aliphatic heterocycles. The molecule has 0 aromatic carbocycles. The molecule has 0 aromatic rings. The quantitative estimate of drug-likeness (QED) is 0.334. The Bertz CT molecular complexity index is 335. The summed E-state index contributed by atoms with van der Waals surface area (Å²) in [6.45, 7) is 5.01. The first kappa shape index (κ1) is 10.4. The number of amides is 2. The van der Waals surface area contributed by atoms with Crippen molar-refractivity contribution in [3.05, 3.63) is 11.6 Å². The Labute approximate surface area is 81.1 Å². The molecular formula is C9H10NO4. The van der Waals surface area contributed by atoms with Gasteiger partial charge in [-0.2, -0.15) is 5.32 Å². The van der Waals surface area contributed by atoms with Crippen molar-refractivity contribution in [2.24, 2.45) is 0 Å². The van der Waals surface area contributed by atoms with E-state index >= 15 is 0 Å². The van der Waals surface area contributed by atoms with Crippen molar-refractivity contribution in [1.29, 1.82) is 0 Å². The first-order chi connectivity index (χ1) is 6.29. The van der Waals surface area contributed by atoms with E-state index in [9.17, 15) is 14.4 Å². The summed E-state index contributed by atoms with van der Waals surface area (Å²) in [6.07, 6.45) is 0.885. The van der Waals surface area contributed by atoms with Gasteiger partial charge in [0, 0.05) is 6.08 Å². The number of hydrogen-bond donors (Lipinski definition) is 0. The highest BCUT2D eigenvalue weighted by atomic mass is 16.6. The third-order valence-electron chi connectivity index (χ3n) is 1.33. The van der Waals surface area contributed by atoms with E-state index in [4.69, 9.17) is 4.74 Å². The van der Waals surface area contributed by atoms with Gasteiger partial charge in [0.25, 0.3) is 11.8 Å². The molecule has 0 spiro atoms. The zero-order valence-electron chi connectivity index (χ0n) is 8.16. The third-order valence-corrected chi connectivity index (χ3v) is 1.33. The largest absolute Gasteiger partial charge is 0.456 e. The SMILES string of the molecule is CC(C)(C)OC(=O)C1=CC(=O)[N]C1=O.